The van der Waals surface area contributed by atoms with E-state index in [0.29, 0.717) is 0 Å². The highest BCUT2D eigenvalue weighted by Crippen LogP contribution is 2.03. The van der Waals surface area contributed by atoms with Crippen molar-refractivity contribution in [3.63, 3.8) is 0 Å². The summed E-state index contributed by atoms with van der Waals surface area (Å²) in [4.78, 5) is 0. The normalized spacial score (nSPS) is 9.11. The highest BCUT2D eigenvalue weighted by Gasteiger charge is 2.42. The maximum absolute atomic E-state index is 5.78. The van der Waals surface area contributed by atoms with Crippen molar-refractivity contribution in [1.29, 1.82) is 0 Å². The highest BCUT2D eigenvalue weighted by molar-refractivity contribution is 8.17. The third-order valence-electron chi connectivity index (χ3n) is 3.21. The van der Waals surface area contributed by atoms with Crippen LogP contribution in [0.25, 0.3) is 0 Å². The fraction of sp³-hybridized carbons (Fsp3) is 0. The minimum atomic E-state index is -0.787. The summed E-state index contributed by atoms with van der Waals surface area (Å²) < 4.78 is 0. The lowest BCUT2D eigenvalue weighted by Crippen LogP contribution is -2.78. The van der Waals surface area contributed by atoms with Crippen LogP contribution in [0.2, 0.25) is 0 Å². The molecule has 0 fully saturated rings. The van der Waals surface area contributed by atoms with E-state index in [9.17, 15) is 0 Å². The zero-order valence-electron chi connectivity index (χ0n) is 10.7. The van der Waals surface area contributed by atoms with E-state index in [1.165, 1.54) is 0 Å². The number of hydrogen-bond acceptors (Lipinski definition) is 0. The van der Waals surface area contributed by atoms with Crippen molar-refractivity contribution < 1.29 is 0 Å². The molecule has 0 N–H and O–H groups in total. The van der Waals surface area contributed by atoms with E-state index >= 15 is 0 Å². The fourth-order valence-electron chi connectivity index (χ4n) is 2.42. The van der Waals surface area contributed by atoms with E-state index in [0.717, 1.165) is 0 Å². The van der Waals surface area contributed by atoms with Crippen molar-refractivity contribution in [2.24, 2.45) is 0 Å². The van der Waals surface area contributed by atoms with Gasteiger partial charge in [-0.3, -0.25) is 0 Å². The SMILES string of the molecule is [B]B([B])B(B([B])[B])B(B([B])[B])B(B([B])[B])B([BH])[BH]. The van der Waals surface area contributed by atoms with Crippen molar-refractivity contribution in [3.05, 3.63) is 0 Å². The van der Waals surface area contributed by atoms with E-state index in [1.54, 1.807) is 0 Å². The van der Waals surface area contributed by atoms with E-state index < -0.39 is 38.3 Å². The molecule has 0 saturated heterocycles. The van der Waals surface area contributed by atoms with Crippen LogP contribution >= 0.6 is 0 Å². The van der Waals surface area contributed by atoms with Gasteiger partial charge < -0.3 is 0 Å². The van der Waals surface area contributed by atoms with Gasteiger partial charge in [-0.25, -0.2) is 0 Å². The second-order valence-electron chi connectivity index (χ2n) is 4.80. The lowest BCUT2D eigenvalue weighted by molar-refractivity contribution is 3.35. The molecule has 0 rings (SSSR count). The van der Waals surface area contributed by atoms with E-state index in [-0.39, 0.29) is 12.8 Å². The van der Waals surface area contributed by atoms with Crippen molar-refractivity contribution in [1.82, 2.24) is 0 Å². The standard InChI is InChI=1S/B18H2/c1-11(2)16(12(3)4)18(15(9)10)17(13(5)6)14(7)8/h1-2H. The molecule has 0 spiro atoms. The summed E-state index contributed by atoms with van der Waals surface area (Å²) in [5.74, 6) is 0. The van der Waals surface area contributed by atoms with Crippen LogP contribution in [0.1, 0.15) is 0 Å². The number of rotatable bonds is 7. The van der Waals surface area contributed by atoms with Crippen LogP contribution in [-0.4, -0.2) is 128 Å². The Balaban J connectivity index is 5.37. The van der Waals surface area contributed by atoms with Crippen LogP contribution in [0.4, 0.5) is 0 Å². The molecule has 0 aliphatic heterocycles. The van der Waals surface area contributed by atoms with Crippen LogP contribution < -0.4 is 0 Å². The third-order valence-corrected chi connectivity index (χ3v) is 3.21. The smallest absolute Gasteiger partial charge is 0.0000000000131 e. The molecule has 0 nitrogen and oxygen atoms in total. The molecule has 0 atom stereocenters. The molecular formula is H2B18. The average Bonchev–Trinajstić information content (AvgIpc) is 2.13. The molecule has 0 amide bonds. The van der Waals surface area contributed by atoms with Crippen molar-refractivity contribution in [3.8, 4) is 0 Å². The maximum Gasteiger partial charge on any atom is 0.0326 e. The molecule has 0 saturated carbocycles. The molecule has 18 heavy (non-hydrogen) atoms. The van der Waals surface area contributed by atoms with Gasteiger partial charge in [-0.1, -0.05) is 0 Å². The summed E-state index contributed by atoms with van der Waals surface area (Å²) >= 11 is 0. The first-order valence-electron chi connectivity index (χ1n) is 5.82. The van der Waals surface area contributed by atoms with Crippen molar-refractivity contribution in [2.75, 3.05) is 0 Å². The molecule has 0 bridgehead atoms. The van der Waals surface area contributed by atoms with Crippen LogP contribution in [-0.2, 0) is 0 Å². The first kappa shape index (κ1) is 19.2. The Labute approximate surface area is 128 Å². The molecule has 0 unspecified atom stereocenters. The molecule has 0 aromatic carbocycles. The summed E-state index contributed by atoms with van der Waals surface area (Å²) in [6, 6.07) is 0. The molecule has 0 aliphatic rings. The molecule has 0 aliphatic carbocycles. The van der Waals surface area contributed by atoms with Gasteiger partial charge in [-0.15, -0.1) is 0 Å². The molecule has 18 radical (unpaired) electrons. The summed E-state index contributed by atoms with van der Waals surface area (Å²) in [7, 11) is 53.5. The molecule has 0 aromatic rings. The quantitative estimate of drug-likeness (QED) is 0.355. The van der Waals surface area contributed by atoms with Gasteiger partial charge in [0.15, 0.2) is 0 Å². The average molecular weight is 197 g/mol. The lowest BCUT2D eigenvalue weighted by atomic mass is 8.41. The molecule has 18 heteroatoms. The molecule has 0 aromatic heterocycles. The highest BCUT2D eigenvalue weighted by atomic mass is 13.2. The van der Waals surface area contributed by atoms with Gasteiger partial charge in [0.2, 0.25) is 0 Å². The topological polar surface area (TPSA) is 0 Å². The Hall–Kier alpha value is 1.17. The minimum absolute atomic E-state index is 0.343. The van der Waals surface area contributed by atoms with Crippen LogP contribution in [0, 0.1) is 0 Å². The molecule has 56 valence electrons. The van der Waals surface area contributed by atoms with Crippen molar-refractivity contribution in [2.45, 2.75) is 0 Å². The predicted octanol–water partition coefficient (Wildman–Crippen LogP) is -7.39. The largest absolute Gasteiger partial charge is 0.0326 e. The van der Waals surface area contributed by atoms with Gasteiger partial charge in [0.25, 0.3) is 0 Å². The zero-order valence-corrected chi connectivity index (χ0v) is 10.7. The third kappa shape index (κ3) is 5.28. The van der Waals surface area contributed by atoms with E-state index in [4.69, 9.17) is 61.9 Å². The Morgan fingerprint density at radius 3 is 0.889 bits per heavy atom. The summed E-state index contributed by atoms with van der Waals surface area (Å²) in [6.45, 7) is 0. The van der Waals surface area contributed by atoms with Crippen LogP contribution in [0.3, 0.4) is 0 Å². The predicted molar refractivity (Wildman–Crippen MR) is 106 cm³/mol. The summed E-state index contributed by atoms with van der Waals surface area (Å²) in [5, 5.41) is 0. The van der Waals surface area contributed by atoms with Gasteiger partial charge >= 0.3 is 0 Å². The fourth-order valence-corrected chi connectivity index (χ4v) is 2.42. The second-order valence-corrected chi connectivity index (χ2v) is 4.80. The number of hydrogen-bond donors (Lipinski definition) is 0. The van der Waals surface area contributed by atoms with Gasteiger partial charge in [0.05, 0.1) is 0 Å². The Morgan fingerprint density at radius 1 is 0.444 bits per heavy atom. The Morgan fingerprint density at radius 2 is 0.722 bits per heavy atom. The van der Waals surface area contributed by atoms with Gasteiger partial charge in [-0.2, -0.15) is 0 Å². The summed E-state index contributed by atoms with van der Waals surface area (Å²) in [5.41, 5.74) is 0. The van der Waals surface area contributed by atoms with Crippen LogP contribution in [0.5, 0.6) is 0 Å². The first-order valence-corrected chi connectivity index (χ1v) is 5.82. The van der Waals surface area contributed by atoms with Gasteiger partial charge in [-0.05, 0) is 0 Å². The zero-order chi connectivity index (χ0) is 14.6. The Kier molecular flexibility index (Phi) is 9.00. The summed E-state index contributed by atoms with van der Waals surface area (Å²) in [6.07, 6.45) is -4.80. The second kappa shape index (κ2) is 8.45. The Bertz CT molecular complexity index is 174. The van der Waals surface area contributed by atoms with Crippen molar-refractivity contribution >= 4 is 128 Å². The molecular weight excluding hydrogens is 195 g/mol. The van der Waals surface area contributed by atoms with Gasteiger partial charge in [0, 0.05) is 128 Å². The van der Waals surface area contributed by atoms with Crippen LogP contribution in [0.15, 0.2) is 0 Å². The lowest BCUT2D eigenvalue weighted by Gasteiger charge is -2.40. The van der Waals surface area contributed by atoms with Gasteiger partial charge in [0.1, 0.15) is 0 Å². The minimum Gasteiger partial charge on any atom is 0.0000000000131 e. The first-order chi connectivity index (χ1) is 8.11. The van der Waals surface area contributed by atoms with E-state index in [1.807, 2.05) is 0 Å². The molecule has 0 heterocycles. The monoisotopic (exact) mass is 200 g/mol. The maximum atomic E-state index is 5.78. The van der Waals surface area contributed by atoms with E-state index in [2.05, 4.69) is 15.5 Å².